The maximum atomic E-state index is 14.3. The van der Waals surface area contributed by atoms with Gasteiger partial charge in [0.1, 0.15) is 5.82 Å². The van der Waals surface area contributed by atoms with Crippen molar-refractivity contribution < 1.29 is 4.39 Å². The average molecular weight is 277 g/mol. The molecular formula is C16H20FNS. The molecule has 3 heteroatoms. The smallest absolute Gasteiger partial charge is 0.131 e. The third-order valence-corrected chi connectivity index (χ3v) is 4.55. The fourth-order valence-electron chi connectivity index (χ4n) is 2.20. The summed E-state index contributed by atoms with van der Waals surface area (Å²) in [4.78, 5) is 2.52. The van der Waals surface area contributed by atoms with Gasteiger partial charge in [-0.3, -0.25) is 0 Å². The molecule has 0 fully saturated rings. The summed E-state index contributed by atoms with van der Waals surface area (Å²) >= 11 is 1.76. The first-order valence-corrected chi connectivity index (χ1v) is 7.56. The summed E-state index contributed by atoms with van der Waals surface area (Å²) in [5.74, 6) is -0.0973. The van der Waals surface area contributed by atoms with Crippen LogP contribution in [0.15, 0.2) is 30.3 Å². The highest BCUT2D eigenvalue weighted by Gasteiger charge is 2.19. The number of thiophene rings is 1. The molecule has 0 saturated carbocycles. The van der Waals surface area contributed by atoms with Gasteiger partial charge in [-0.1, -0.05) is 32.0 Å². The number of halogens is 1. The van der Waals surface area contributed by atoms with Crippen LogP contribution in [0.1, 0.15) is 40.8 Å². The maximum Gasteiger partial charge on any atom is 0.131 e. The molecule has 1 atom stereocenters. The quantitative estimate of drug-likeness (QED) is 0.851. The van der Waals surface area contributed by atoms with E-state index in [2.05, 4.69) is 31.3 Å². The lowest BCUT2D eigenvalue weighted by Gasteiger charge is -2.18. The van der Waals surface area contributed by atoms with Crippen LogP contribution in [0.5, 0.6) is 0 Å². The maximum absolute atomic E-state index is 14.3. The molecule has 0 aliphatic carbocycles. The van der Waals surface area contributed by atoms with Gasteiger partial charge in [0.15, 0.2) is 0 Å². The van der Waals surface area contributed by atoms with Crippen molar-refractivity contribution in [2.24, 2.45) is 0 Å². The van der Waals surface area contributed by atoms with Gasteiger partial charge >= 0.3 is 0 Å². The van der Waals surface area contributed by atoms with E-state index in [1.165, 1.54) is 9.75 Å². The Morgan fingerprint density at radius 3 is 2.63 bits per heavy atom. The molecule has 0 spiro atoms. The Labute approximate surface area is 118 Å². The fraction of sp³-hybridized carbons (Fsp3) is 0.375. The minimum absolute atomic E-state index is 0.0461. The van der Waals surface area contributed by atoms with E-state index in [1.807, 2.05) is 25.1 Å². The van der Waals surface area contributed by atoms with Gasteiger partial charge in [-0.05, 0) is 37.6 Å². The van der Waals surface area contributed by atoms with E-state index in [9.17, 15) is 4.39 Å². The zero-order chi connectivity index (χ0) is 13.8. The van der Waals surface area contributed by atoms with E-state index >= 15 is 0 Å². The summed E-state index contributed by atoms with van der Waals surface area (Å²) < 4.78 is 14.3. The van der Waals surface area contributed by atoms with Crippen molar-refractivity contribution in [1.82, 2.24) is 5.32 Å². The number of hydrogen-bond donors (Lipinski definition) is 1. The first kappa shape index (κ1) is 14.2. The van der Waals surface area contributed by atoms with Gasteiger partial charge in [0.2, 0.25) is 0 Å². The minimum Gasteiger partial charge on any atom is -0.306 e. The highest BCUT2D eigenvalue weighted by atomic mass is 32.1. The standard InChI is InChI=1S/C16H20FNS/c1-4-12-9-10-14(19-12)16(18-5-2)13-8-6-7-11(3)15(13)17/h6-10,16,18H,4-5H2,1-3H3. The first-order chi connectivity index (χ1) is 9.17. The molecule has 0 amide bonds. The third-order valence-electron chi connectivity index (χ3n) is 3.26. The normalized spacial score (nSPS) is 12.6. The van der Waals surface area contributed by atoms with Crippen LogP contribution in [0.4, 0.5) is 4.39 Å². The predicted molar refractivity (Wildman–Crippen MR) is 80.4 cm³/mol. The van der Waals surface area contributed by atoms with Crippen LogP contribution >= 0.6 is 11.3 Å². The van der Waals surface area contributed by atoms with Gasteiger partial charge in [0, 0.05) is 15.3 Å². The van der Waals surface area contributed by atoms with Crippen molar-refractivity contribution in [2.45, 2.75) is 33.2 Å². The Morgan fingerprint density at radius 1 is 1.21 bits per heavy atom. The largest absolute Gasteiger partial charge is 0.306 e. The van der Waals surface area contributed by atoms with E-state index < -0.39 is 0 Å². The van der Waals surface area contributed by atoms with Gasteiger partial charge in [0.25, 0.3) is 0 Å². The summed E-state index contributed by atoms with van der Waals surface area (Å²) in [6, 6.07) is 9.81. The first-order valence-electron chi connectivity index (χ1n) is 6.74. The summed E-state index contributed by atoms with van der Waals surface area (Å²) in [5.41, 5.74) is 1.44. The summed E-state index contributed by atoms with van der Waals surface area (Å²) in [5, 5.41) is 3.39. The van der Waals surface area contributed by atoms with Crippen LogP contribution in [0.2, 0.25) is 0 Å². The van der Waals surface area contributed by atoms with E-state index in [0.717, 1.165) is 18.5 Å². The number of aryl methyl sites for hydroxylation is 2. The van der Waals surface area contributed by atoms with Gasteiger partial charge in [-0.25, -0.2) is 4.39 Å². The monoisotopic (exact) mass is 277 g/mol. The molecule has 1 nitrogen and oxygen atoms in total. The minimum atomic E-state index is -0.0973. The molecule has 0 aliphatic rings. The van der Waals surface area contributed by atoms with Crippen molar-refractivity contribution in [3.05, 3.63) is 57.0 Å². The molecule has 0 aliphatic heterocycles. The molecule has 1 aromatic carbocycles. The number of hydrogen-bond acceptors (Lipinski definition) is 2. The third kappa shape index (κ3) is 3.04. The molecule has 1 aromatic heterocycles. The SMILES string of the molecule is CCNC(c1ccc(CC)s1)c1cccc(C)c1F. The van der Waals surface area contributed by atoms with Crippen LogP contribution in [0, 0.1) is 12.7 Å². The molecular weight excluding hydrogens is 257 g/mol. The Kier molecular flexibility index (Phi) is 4.72. The summed E-state index contributed by atoms with van der Waals surface area (Å²) in [6.45, 7) is 6.82. The van der Waals surface area contributed by atoms with Crippen LogP contribution in [-0.2, 0) is 6.42 Å². The number of benzene rings is 1. The van der Waals surface area contributed by atoms with Crippen LogP contribution < -0.4 is 5.32 Å². The van der Waals surface area contributed by atoms with Crippen molar-refractivity contribution >= 4 is 11.3 Å². The van der Waals surface area contributed by atoms with Crippen molar-refractivity contribution in [3.63, 3.8) is 0 Å². The fourth-order valence-corrected chi connectivity index (χ4v) is 3.25. The molecule has 1 N–H and O–H groups in total. The second-order valence-corrected chi connectivity index (χ2v) is 5.83. The molecule has 2 rings (SSSR count). The molecule has 0 saturated heterocycles. The number of nitrogens with one attached hydrogen (secondary N) is 1. The van der Waals surface area contributed by atoms with E-state index in [0.29, 0.717) is 5.56 Å². The molecule has 0 radical (unpaired) electrons. The van der Waals surface area contributed by atoms with Crippen molar-refractivity contribution in [3.8, 4) is 0 Å². The lowest BCUT2D eigenvalue weighted by molar-refractivity contribution is 0.557. The molecule has 0 bridgehead atoms. The van der Waals surface area contributed by atoms with Crippen LogP contribution in [-0.4, -0.2) is 6.54 Å². The predicted octanol–water partition coefficient (Wildman–Crippen LogP) is 4.46. The summed E-state index contributed by atoms with van der Waals surface area (Å²) in [7, 11) is 0. The Morgan fingerprint density at radius 2 is 2.00 bits per heavy atom. The molecule has 102 valence electrons. The average Bonchev–Trinajstić information content (AvgIpc) is 2.88. The zero-order valence-electron chi connectivity index (χ0n) is 11.7. The molecule has 1 heterocycles. The highest BCUT2D eigenvalue weighted by molar-refractivity contribution is 7.12. The van der Waals surface area contributed by atoms with E-state index in [1.54, 1.807) is 11.3 Å². The second-order valence-electron chi connectivity index (χ2n) is 4.63. The van der Waals surface area contributed by atoms with E-state index in [4.69, 9.17) is 0 Å². The van der Waals surface area contributed by atoms with Crippen molar-refractivity contribution in [2.75, 3.05) is 6.54 Å². The Balaban J connectivity index is 2.42. The highest BCUT2D eigenvalue weighted by Crippen LogP contribution is 2.31. The molecule has 2 aromatic rings. The van der Waals surface area contributed by atoms with E-state index in [-0.39, 0.29) is 11.9 Å². The topological polar surface area (TPSA) is 12.0 Å². The summed E-state index contributed by atoms with van der Waals surface area (Å²) in [6.07, 6.45) is 1.03. The van der Waals surface area contributed by atoms with Gasteiger partial charge in [-0.15, -0.1) is 11.3 Å². The molecule has 1 unspecified atom stereocenters. The Hall–Kier alpha value is -1.19. The van der Waals surface area contributed by atoms with Crippen LogP contribution in [0.3, 0.4) is 0 Å². The lowest BCUT2D eigenvalue weighted by Crippen LogP contribution is -2.22. The van der Waals surface area contributed by atoms with Gasteiger partial charge in [-0.2, -0.15) is 0 Å². The molecule has 19 heavy (non-hydrogen) atoms. The number of rotatable bonds is 5. The van der Waals surface area contributed by atoms with Crippen LogP contribution in [0.25, 0.3) is 0 Å². The van der Waals surface area contributed by atoms with Gasteiger partial charge < -0.3 is 5.32 Å². The van der Waals surface area contributed by atoms with Gasteiger partial charge in [0.05, 0.1) is 6.04 Å². The zero-order valence-corrected chi connectivity index (χ0v) is 12.5. The Bertz CT molecular complexity index is 547. The second kappa shape index (κ2) is 6.31. The van der Waals surface area contributed by atoms with Crippen molar-refractivity contribution in [1.29, 1.82) is 0 Å². The lowest BCUT2D eigenvalue weighted by atomic mass is 10.0.